The van der Waals surface area contributed by atoms with E-state index in [1.807, 2.05) is 0 Å². The van der Waals surface area contributed by atoms with Crippen molar-refractivity contribution in [2.75, 3.05) is 13.7 Å². The van der Waals surface area contributed by atoms with Gasteiger partial charge < -0.3 is 10.1 Å². The summed E-state index contributed by atoms with van der Waals surface area (Å²) >= 11 is 3.83. The summed E-state index contributed by atoms with van der Waals surface area (Å²) in [4.78, 5) is 0. The van der Waals surface area contributed by atoms with Crippen molar-refractivity contribution in [2.45, 2.75) is 57.9 Å². The molecule has 0 aromatic heterocycles. The van der Waals surface area contributed by atoms with E-state index in [-0.39, 0.29) is 0 Å². The summed E-state index contributed by atoms with van der Waals surface area (Å²) in [5.41, 5.74) is 5.94. The molecule has 1 aromatic rings. The van der Waals surface area contributed by atoms with Crippen LogP contribution in [0.25, 0.3) is 0 Å². The van der Waals surface area contributed by atoms with Gasteiger partial charge in [-0.2, -0.15) is 0 Å². The van der Waals surface area contributed by atoms with Crippen molar-refractivity contribution in [1.82, 2.24) is 5.32 Å². The first kappa shape index (κ1) is 14.4. The quantitative estimate of drug-likeness (QED) is 0.860. The number of halogens is 1. The van der Waals surface area contributed by atoms with Crippen LogP contribution in [-0.4, -0.2) is 13.7 Å². The number of methoxy groups -OCH3 is 1. The van der Waals surface area contributed by atoms with Gasteiger partial charge in [0, 0.05) is 11.6 Å². The molecule has 1 atom stereocenters. The third-order valence-electron chi connectivity index (χ3n) is 4.90. The molecule has 1 heterocycles. The molecule has 3 heteroatoms. The van der Waals surface area contributed by atoms with Crippen LogP contribution in [0.15, 0.2) is 4.47 Å². The van der Waals surface area contributed by atoms with E-state index in [0.717, 1.165) is 12.3 Å². The predicted octanol–water partition coefficient (Wildman–Crippen LogP) is 4.46. The highest BCUT2D eigenvalue weighted by atomic mass is 79.9. The topological polar surface area (TPSA) is 21.3 Å². The van der Waals surface area contributed by atoms with Crippen molar-refractivity contribution in [3.63, 3.8) is 0 Å². The molecule has 1 N–H and O–H groups in total. The molecule has 0 bridgehead atoms. The minimum Gasteiger partial charge on any atom is -0.495 e. The van der Waals surface area contributed by atoms with Crippen LogP contribution in [0.4, 0.5) is 0 Å². The fourth-order valence-corrected chi connectivity index (χ4v) is 4.68. The highest BCUT2D eigenvalue weighted by Crippen LogP contribution is 2.44. The van der Waals surface area contributed by atoms with E-state index in [1.165, 1.54) is 66.1 Å². The van der Waals surface area contributed by atoms with Crippen LogP contribution in [0, 0.1) is 6.92 Å². The second-order valence-corrected chi connectivity index (χ2v) is 6.85. The largest absolute Gasteiger partial charge is 0.495 e. The molecule has 0 radical (unpaired) electrons. The number of nitrogens with one attached hydrogen (secondary N) is 1. The van der Waals surface area contributed by atoms with Crippen LogP contribution in [0.1, 0.15) is 60.4 Å². The van der Waals surface area contributed by atoms with E-state index in [4.69, 9.17) is 4.74 Å². The first-order valence-electron chi connectivity index (χ1n) is 7.85. The van der Waals surface area contributed by atoms with E-state index in [0.29, 0.717) is 6.04 Å². The smallest absolute Gasteiger partial charge is 0.138 e. The van der Waals surface area contributed by atoms with Gasteiger partial charge in [-0.1, -0.05) is 6.42 Å². The highest BCUT2D eigenvalue weighted by Gasteiger charge is 2.27. The lowest BCUT2D eigenvalue weighted by atomic mass is 9.83. The van der Waals surface area contributed by atoms with Crippen LogP contribution in [0.5, 0.6) is 5.75 Å². The van der Waals surface area contributed by atoms with Crippen LogP contribution in [0.2, 0.25) is 0 Å². The summed E-state index contributed by atoms with van der Waals surface area (Å²) in [6.07, 6.45) is 8.87. The molecular weight excluding hydrogens is 314 g/mol. The standard InChI is InChI=1S/C17H24BrNO/c1-11-12-7-3-4-8-13(12)16(18)17(20-2)15(11)14-9-5-6-10-19-14/h14,19H,3-10H2,1-2H3. The number of rotatable bonds is 2. The minimum atomic E-state index is 0.460. The molecule has 1 aromatic carbocycles. The molecule has 0 spiro atoms. The van der Waals surface area contributed by atoms with Gasteiger partial charge in [0.15, 0.2) is 0 Å². The van der Waals surface area contributed by atoms with Gasteiger partial charge in [-0.3, -0.25) is 0 Å². The number of hydrogen-bond donors (Lipinski definition) is 1. The second kappa shape index (κ2) is 6.07. The van der Waals surface area contributed by atoms with Crippen LogP contribution in [-0.2, 0) is 12.8 Å². The fourth-order valence-electron chi connectivity index (χ4n) is 3.87. The molecule has 1 unspecified atom stereocenters. The minimum absolute atomic E-state index is 0.460. The predicted molar refractivity (Wildman–Crippen MR) is 86.7 cm³/mol. The Kier molecular flexibility index (Phi) is 4.37. The van der Waals surface area contributed by atoms with Gasteiger partial charge in [0.05, 0.1) is 11.6 Å². The second-order valence-electron chi connectivity index (χ2n) is 6.05. The Morgan fingerprint density at radius 1 is 1.10 bits per heavy atom. The normalized spacial score (nSPS) is 22.4. The SMILES string of the molecule is COc1c(Br)c2c(c(C)c1C1CCCCN1)CCCC2. The highest BCUT2D eigenvalue weighted by molar-refractivity contribution is 9.10. The van der Waals surface area contributed by atoms with Crippen molar-refractivity contribution in [1.29, 1.82) is 0 Å². The summed E-state index contributed by atoms with van der Waals surface area (Å²) in [5, 5.41) is 3.68. The molecule has 2 nitrogen and oxygen atoms in total. The Hall–Kier alpha value is -0.540. The summed E-state index contributed by atoms with van der Waals surface area (Å²) in [5.74, 6) is 1.07. The molecule has 1 aliphatic carbocycles. The Labute approximate surface area is 130 Å². The maximum absolute atomic E-state index is 5.79. The number of hydrogen-bond acceptors (Lipinski definition) is 2. The molecule has 3 rings (SSSR count). The molecule has 1 fully saturated rings. The Bertz CT molecular complexity index is 506. The van der Waals surface area contributed by atoms with Gasteiger partial charge in [0.2, 0.25) is 0 Å². The van der Waals surface area contributed by atoms with Crippen molar-refractivity contribution in [3.05, 3.63) is 26.7 Å². The molecule has 0 amide bonds. The van der Waals surface area contributed by atoms with E-state index in [2.05, 4.69) is 28.2 Å². The summed E-state index contributed by atoms with van der Waals surface area (Å²) in [7, 11) is 1.81. The van der Waals surface area contributed by atoms with Crippen molar-refractivity contribution in [3.8, 4) is 5.75 Å². The van der Waals surface area contributed by atoms with Crippen molar-refractivity contribution in [2.24, 2.45) is 0 Å². The van der Waals surface area contributed by atoms with Crippen LogP contribution in [0.3, 0.4) is 0 Å². The summed E-state index contributed by atoms with van der Waals surface area (Å²) in [6, 6.07) is 0.460. The third kappa shape index (κ3) is 2.39. The zero-order valence-electron chi connectivity index (χ0n) is 12.5. The van der Waals surface area contributed by atoms with Gasteiger partial charge in [-0.15, -0.1) is 0 Å². The van der Waals surface area contributed by atoms with Gasteiger partial charge >= 0.3 is 0 Å². The molecular formula is C17H24BrNO. The lowest BCUT2D eigenvalue weighted by Gasteiger charge is -2.31. The van der Waals surface area contributed by atoms with Gasteiger partial charge in [0.25, 0.3) is 0 Å². The molecule has 0 saturated carbocycles. The zero-order chi connectivity index (χ0) is 14.1. The number of ether oxygens (including phenoxy) is 1. The van der Waals surface area contributed by atoms with Crippen LogP contribution < -0.4 is 10.1 Å². The number of fused-ring (bicyclic) bond motifs is 1. The molecule has 1 aliphatic heterocycles. The Morgan fingerprint density at radius 3 is 2.50 bits per heavy atom. The zero-order valence-corrected chi connectivity index (χ0v) is 14.1. The van der Waals surface area contributed by atoms with E-state index in [9.17, 15) is 0 Å². The summed E-state index contributed by atoms with van der Waals surface area (Å²) < 4.78 is 7.00. The van der Waals surface area contributed by atoms with Gasteiger partial charge in [0.1, 0.15) is 5.75 Å². The molecule has 1 saturated heterocycles. The average Bonchev–Trinajstić information content (AvgIpc) is 2.51. The van der Waals surface area contributed by atoms with Gasteiger partial charge in [-0.25, -0.2) is 0 Å². The monoisotopic (exact) mass is 337 g/mol. The number of piperidine rings is 1. The van der Waals surface area contributed by atoms with E-state index >= 15 is 0 Å². The first-order valence-corrected chi connectivity index (χ1v) is 8.64. The maximum Gasteiger partial charge on any atom is 0.138 e. The molecule has 20 heavy (non-hydrogen) atoms. The third-order valence-corrected chi connectivity index (χ3v) is 5.74. The fraction of sp³-hybridized carbons (Fsp3) is 0.647. The lowest BCUT2D eigenvalue weighted by Crippen LogP contribution is -2.28. The van der Waals surface area contributed by atoms with Crippen LogP contribution >= 0.6 is 15.9 Å². The van der Waals surface area contributed by atoms with E-state index < -0.39 is 0 Å². The summed E-state index contributed by atoms with van der Waals surface area (Å²) in [6.45, 7) is 3.42. The van der Waals surface area contributed by atoms with E-state index in [1.54, 1.807) is 12.7 Å². The average molecular weight is 338 g/mol. The molecule has 2 aliphatic rings. The lowest BCUT2D eigenvalue weighted by molar-refractivity contribution is 0.369. The first-order chi connectivity index (χ1) is 9.74. The number of benzene rings is 1. The maximum atomic E-state index is 5.79. The van der Waals surface area contributed by atoms with Gasteiger partial charge in [-0.05, 0) is 84.6 Å². The Balaban J connectivity index is 2.14. The Morgan fingerprint density at radius 2 is 1.85 bits per heavy atom. The molecule has 110 valence electrons. The van der Waals surface area contributed by atoms with Crippen molar-refractivity contribution >= 4 is 15.9 Å². The van der Waals surface area contributed by atoms with Crippen molar-refractivity contribution < 1.29 is 4.74 Å².